The van der Waals surface area contributed by atoms with E-state index in [1.165, 1.54) is 51.4 Å². The highest BCUT2D eigenvalue weighted by atomic mass is 16.3. The largest absolute Gasteiger partial charge is 0.396 e. The van der Waals surface area contributed by atoms with Crippen molar-refractivity contribution in [1.29, 1.82) is 0 Å². The highest BCUT2D eigenvalue weighted by Gasteiger charge is 2.29. The molecule has 0 rings (SSSR count). The maximum absolute atomic E-state index is 12.9. The second-order valence-electron chi connectivity index (χ2n) is 10.2. The van der Waals surface area contributed by atoms with Crippen LogP contribution in [0.4, 0.5) is 0 Å². The monoisotopic (exact) mass is 480 g/mol. The molecule has 0 aliphatic rings. The van der Waals surface area contributed by atoms with Crippen LogP contribution in [0.2, 0.25) is 0 Å². The first-order valence-corrected chi connectivity index (χ1v) is 14.8. The molecule has 0 aliphatic heterocycles. The molecule has 0 aromatic carbocycles. The fraction of sp³-hybridized carbons (Fsp3) is 0.900. The Labute approximate surface area is 211 Å². The zero-order valence-electron chi connectivity index (χ0n) is 22.7. The minimum atomic E-state index is -0.713. The van der Waals surface area contributed by atoms with Gasteiger partial charge in [0.2, 0.25) is 5.78 Å². The van der Waals surface area contributed by atoms with E-state index in [9.17, 15) is 14.4 Å². The van der Waals surface area contributed by atoms with E-state index in [1.54, 1.807) is 0 Å². The molecule has 0 bridgehead atoms. The number of aliphatic hydroxyl groups excluding tert-OH is 1. The number of carbonyl (C=O) groups is 3. The molecule has 0 aromatic rings. The normalized spacial score (nSPS) is 12.1. The van der Waals surface area contributed by atoms with Crippen LogP contribution in [0.25, 0.3) is 0 Å². The highest BCUT2D eigenvalue weighted by Crippen LogP contribution is 2.20. The molecule has 200 valence electrons. The van der Waals surface area contributed by atoms with Gasteiger partial charge in [-0.1, -0.05) is 123 Å². The van der Waals surface area contributed by atoms with Crippen molar-refractivity contribution in [3.63, 3.8) is 0 Å². The highest BCUT2D eigenvalue weighted by molar-refractivity contribution is 6.41. The van der Waals surface area contributed by atoms with Gasteiger partial charge in [0.25, 0.3) is 0 Å². The zero-order chi connectivity index (χ0) is 25.3. The Morgan fingerprint density at radius 3 is 1.44 bits per heavy atom. The number of rotatable bonds is 27. The van der Waals surface area contributed by atoms with Crippen molar-refractivity contribution in [2.75, 3.05) is 6.61 Å². The minimum absolute atomic E-state index is 0.00763. The summed E-state index contributed by atoms with van der Waals surface area (Å²) in [7, 11) is 0. The summed E-state index contributed by atoms with van der Waals surface area (Å²) in [4.78, 5) is 38.4. The Morgan fingerprint density at radius 1 is 0.529 bits per heavy atom. The molecule has 1 N–H and O–H groups in total. The first-order valence-electron chi connectivity index (χ1n) is 14.8. The Bertz CT molecular complexity index is 500. The molecule has 0 aromatic heterocycles. The molecule has 4 nitrogen and oxygen atoms in total. The predicted octanol–water partition coefficient (Wildman–Crippen LogP) is 8.31. The van der Waals surface area contributed by atoms with E-state index >= 15 is 0 Å². The molecule has 1 unspecified atom stereocenters. The first kappa shape index (κ1) is 33.0. The summed E-state index contributed by atoms with van der Waals surface area (Å²) in [5.41, 5.74) is 0. The fourth-order valence-electron chi connectivity index (χ4n) is 4.60. The van der Waals surface area contributed by atoms with Gasteiger partial charge in [0, 0.05) is 19.4 Å². The standard InChI is InChI=1S/C30H56O4/c1-3-5-7-9-11-16-20-24-28(32)27(23-19-15-13-14-18-22-26-31)30(34)29(33)25-21-17-12-10-8-6-4-2/h27,31H,3-26H2,1-2H3. The smallest absolute Gasteiger partial charge is 0.208 e. The number of Topliss-reactive ketones (excluding diaryl/α,β-unsaturated/α-hetero) is 3. The average Bonchev–Trinajstić information content (AvgIpc) is 2.84. The van der Waals surface area contributed by atoms with Gasteiger partial charge in [-0.3, -0.25) is 14.4 Å². The van der Waals surface area contributed by atoms with Gasteiger partial charge in [0.05, 0.1) is 5.92 Å². The van der Waals surface area contributed by atoms with Crippen LogP contribution in [0.3, 0.4) is 0 Å². The molecule has 0 saturated carbocycles. The summed E-state index contributed by atoms with van der Waals surface area (Å²) in [6.45, 7) is 4.65. The third kappa shape index (κ3) is 19.3. The van der Waals surface area contributed by atoms with Crippen molar-refractivity contribution in [2.45, 2.75) is 162 Å². The first-order chi connectivity index (χ1) is 16.6. The van der Waals surface area contributed by atoms with Gasteiger partial charge in [-0.05, 0) is 25.7 Å². The molecule has 0 radical (unpaired) electrons. The lowest BCUT2D eigenvalue weighted by atomic mass is 9.86. The van der Waals surface area contributed by atoms with Crippen LogP contribution in [0.5, 0.6) is 0 Å². The molecule has 0 spiro atoms. The van der Waals surface area contributed by atoms with Gasteiger partial charge in [0.1, 0.15) is 5.78 Å². The van der Waals surface area contributed by atoms with Crippen molar-refractivity contribution in [3.05, 3.63) is 0 Å². The summed E-state index contributed by atoms with van der Waals surface area (Å²) < 4.78 is 0. The maximum atomic E-state index is 12.9. The van der Waals surface area contributed by atoms with Gasteiger partial charge < -0.3 is 5.11 Å². The van der Waals surface area contributed by atoms with Crippen LogP contribution in [-0.4, -0.2) is 29.1 Å². The van der Waals surface area contributed by atoms with Gasteiger partial charge >= 0.3 is 0 Å². The summed E-state index contributed by atoms with van der Waals surface area (Å²) in [6, 6.07) is 0. The number of hydrogen-bond acceptors (Lipinski definition) is 4. The van der Waals surface area contributed by atoms with Gasteiger partial charge in [-0.25, -0.2) is 0 Å². The van der Waals surface area contributed by atoms with Gasteiger partial charge in [0.15, 0.2) is 5.78 Å². The Balaban J connectivity index is 4.46. The lowest BCUT2D eigenvalue weighted by Gasteiger charge is -2.14. The minimum Gasteiger partial charge on any atom is -0.396 e. The van der Waals surface area contributed by atoms with Gasteiger partial charge in [-0.15, -0.1) is 0 Å². The van der Waals surface area contributed by atoms with Crippen molar-refractivity contribution < 1.29 is 19.5 Å². The van der Waals surface area contributed by atoms with Crippen molar-refractivity contribution in [3.8, 4) is 0 Å². The van der Waals surface area contributed by atoms with Gasteiger partial charge in [-0.2, -0.15) is 0 Å². The van der Waals surface area contributed by atoms with E-state index < -0.39 is 11.7 Å². The second kappa shape index (κ2) is 25.1. The molecule has 1 atom stereocenters. The molecular weight excluding hydrogens is 424 g/mol. The van der Waals surface area contributed by atoms with Crippen LogP contribution in [0, 0.1) is 5.92 Å². The summed E-state index contributed by atoms with van der Waals surface area (Å²) in [5, 5.41) is 8.88. The summed E-state index contributed by atoms with van der Waals surface area (Å²) in [5.74, 6) is -1.46. The van der Waals surface area contributed by atoms with E-state index in [0.29, 0.717) is 19.3 Å². The average molecular weight is 481 g/mol. The molecule has 0 fully saturated rings. The van der Waals surface area contributed by atoms with E-state index in [1.807, 2.05) is 0 Å². The third-order valence-corrected chi connectivity index (χ3v) is 6.92. The molecule has 34 heavy (non-hydrogen) atoms. The lowest BCUT2D eigenvalue weighted by molar-refractivity contribution is -0.143. The Morgan fingerprint density at radius 2 is 0.941 bits per heavy atom. The maximum Gasteiger partial charge on any atom is 0.208 e. The lowest BCUT2D eigenvalue weighted by Crippen LogP contribution is -2.30. The van der Waals surface area contributed by atoms with Crippen molar-refractivity contribution in [1.82, 2.24) is 0 Å². The zero-order valence-corrected chi connectivity index (χ0v) is 22.7. The fourth-order valence-corrected chi connectivity index (χ4v) is 4.60. The Hall–Kier alpha value is -1.03. The van der Waals surface area contributed by atoms with Crippen LogP contribution in [0.15, 0.2) is 0 Å². The molecular formula is C30H56O4. The molecule has 0 amide bonds. The quantitative estimate of drug-likeness (QED) is 0.0728. The topological polar surface area (TPSA) is 71.4 Å². The van der Waals surface area contributed by atoms with E-state index in [2.05, 4.69) is 13.8 Å². The van der Waals surface area contributed by atoms with Crippen LogP contribution in [0.1, 0.15) is 162 Å². The van der Waals surface area contributed by atoms with E-state index in [-0.39, 0.29) is 18.2 Å². The molecule has 4 heteroatoms. The molecule has 0 saturated heterocycles. The SMILES string of the molecule is CCCCCCCCCC(=O)C(=O)C(CCCCCCCCO)C(=O)CCCCCCCCC. The molecule has 0 heterocycles. The second-order valence-corrected chi connectivity index (χ2v) is 10.2. The number of unbranched alkanes of at least 4 members (excludes halogenated alkanes) is 17. The van der Waals surface area contributed by atoms with Crippen molar-refractivity contribution in [2.24, 2.45) is 5.92 Å². The number of carbonyl (C=O) groups excluding carboxylic acids is 3. The summed E-state index contributed by atoms with van der Waals surface area (Å²) >= 11 is 0. The van der Waals surface area contributed by atoms with Crippen LogP contribution < -0.4 is 0 Å². The predicted molar refractivity (Wildman–Crippen MR) is 143 cm³/mol. The summed E-state index contributed by atoms with van der Waals surface area (Å²) in [6.07, 6.45) is 22.9. The number of aliphatic hydroxyl groups is 1. The number of ketones is 3. The van der Waals surface area contributed by atoms with Crippen LogP contribution in [-0.2, 0) is 14.4 Å². The van der Waals surface area contributed by atoms with Crippen LogP contribution >= 0.6 is 0 Å². The van der Waals surface area contributed by atoms with E-state index in [0.717, 1.165) is 77.0 Å². The Kier molecular flexibility index (Phi) is 24.3. The number of hydrogen-bond donors (Lipinski definition) is 1. The third-order valence-electron chi connectivity index (χ3n) is 6.92. The van der Waals surface area contributed by atoms with Crippen molar-refractivity contribution >= 4 is 17.3 Å². The van der Waals surface area contributed by atoms with E-state index in [4.69, 9.17) is 5.11 Å². The molecule has 0 aliphatic carbocycles.